The van der Waals surface area contributed by atoms with E-state index in [9.17, 15) is 4.79 Å². The first kappa shape index (κ1) is 16.3. The molecular formula is C18H16N4O3S. The van der Waals surface area contributed by atoms with E-state index in [2.05, 4.69) is 20.9 Å². The highest BCUT2D eigenvalue weighted by molar-refractivity contribution is 7.80. The lowest BCUT2D eigenvalue weighted by Crippen LogP contribution is -2.45. The van der Waals surface area contributed by atoms with Crippen molar-refractivity contribution >= 4 is 29.1 Å². The van der Waals surface area contributed by atoms with E-state index in [1.54, 1.807) is 18.3 Å². The molecule has 2 aliphatic rings. The van der Waals surface area contributed by atoms with Gasteiger partial charge in [0.15, 0.2) is 16.6 Å². The third kappa shape index (κ3) is 3.06. The number of allylic oxidation sites excluding steroid dienone is 1. The van der Waals surface area contributed by atoms with Crippen LogP contribution in [-0.2, 0) is 4.79 Å². The van der Waals surface area contributed by atoms with Gasteiger partial charge in [-0.2, -0.15) is 0 Å². The van der Waals surface area contributed by atoms with Crippen LogP contribution in [0.25, 0.3) is 0 Å². The van der Waals surface area contributed by atoms with Crippen molar-refractivity contribution in [2.75, 3.05) is 12.1 Å². The summed E-state index contributed by atoms with van der Waals surface area (Å²) in [5.41, 5.74) is 2.07. The Balaban J connectivity index is 1.68. The summed E-state index contributed by atoms with van der Waals surface area (Å²) in [6.45, 7) is 2.01. The first-order valence-electron chi connectivity index (χ1n) is 8.02. The second kappa shape index (κ2) is 6.64. The molecule has 7 nitrogen and oxygen atoms in total. The fourth-order valence-electron chi connectivity index (χ4n) is 2.96. The molecule has 0 spiro atoms. The molecule has 0 saturated carbocycles. The fraction of sp³-hybridized carbons (Fsp3) is 0.167. The van der Waals surface area contributed by atoms with Crippen molar-refractivity contribution in [1.29, 1.82) is 0 Å². The molecule has 2 aliphatic heterocycles. The lowest BCUT2D eigenvalue weighted by Gasteiger charge is -2.30. The van der Waals surface area contributed by atoms with Crippen molar-refractivity contribution in [1.82, 2.24) is 15.6 Å². The lowest BCUT2D eigenvalue weighted by molar-refractivity contribution is -0.113. The van der Waals surface area contributed by atoms with Crippen LogP contribution < -0.4 is 25.4 Å². The van der Waals surface area contributed by atoms with Crippen LogP contribution in [0.15, 0.2) is 53.9 Å². The third-order valence-corrected chi connectivity index (χ3v) is 4.37. The topological polar surface area (TPSA) is 84.5 Å². The number of amides is 1. The predicted octanol–water partition coefficient (Wildman–Crippen LogP) is 2.24. The monoisotopic (exact) mass is 368 g/mol. The van der Waals surface area contributed by atoms with Gasteiger partial charge >= 0.3 is 0 Å². The van der Waals surface area contributed by atoms with Gasteiger partial charge in [0, 0.05) is 11.9 Å². The van der Waals surface area contributed by atoms with Gasteiger partial charge < -0.3 is 25.4 Å². The Morgan fingerprint density at radius 1 is 1.27 bits per heavy atom. The van der Waals surface area contributed by atoms with E-state index >= 15 is 0 Å². The molecule has 0 saturated heterocycles. The summed E-state index contributed by atoms with van der Waals surface area (Å²) in [4.78, 5) is 17.1. The van der Waals surface area contributed by atoms with Crippen LogP contribution in [0.3, 0.4) is 0 Å². The Hall–Kier alpha value is -3.13. The average Bonchev–Trinajstić information content (AvgIpc) is 3.09. The number of rotatable bonds is 3. The summed E-state index contributed by atoms with van der Waals surface area (Å²) in [7, 11) is 0. The summed E-state index contributed by atoms with van der Waals surface area (Å²) in [6, 6.07) is 10.5. The molecule has 0 radical (unpaired) electrons. The van der Waals surface area contributed by atoms with E-state index in [1.807, 2.05) is 31.2 Å². The van der Waals surface area contributed by atoms with Crippen LogP contribution in [-0.4, -0.2) is 22.8 Å². The molecule has 26 heavy (non-hydrogen) atoms. The summed E-state index contributed by atoms with van der Waals surface area (Å²) in [5.74, 6) is 1.56. The quantitative estimate of drug-likeness (QED) is 0.717. The van der Waals surface area contributed by atoms with Gasteiger partial charge in [0.1, 0.15) is 5.82 Å². The number of benzene rings is 1. The highest BCUT2D eigenvalue weighted by Crippen LogP contribution is 2.37. The maximum atomic E-state index is 12.9. The van der Waals surface area contributed by atoms with Crippen LogP contribution in [0, 0.1) is 0 Å². The van der Waals surface area contributed by atoms with Crippen molar-refractivity contribution in [3.63, 3.8) is 0 Å². The first-order chi connectivity index (χ1) is 12.6. The second-order valence-electron chi connectivity index (χ2n) is 5.85. The number of nitrogens with zero attached hydrogens (tertiary/aromatic N) is 1. The van der Waals surface area contributed by atoms with E-state index in [4.69, 9.17) is 21.7 Å². The molecule has 3 N–H and O–H groups in total. The smallest absolute Gasteiger partial charge is 0.256 e. The molecule has 0 bridgehead atoms. The van der Waals surface area contributed by atoms with Gasteiger partial charge in [0.25, 0.3) is 5.91 Å². The van der Waals surface area contributed by atoms with Gasteiger partial charge in [0.2, 0.25) is 6.79 Å². The Morgan fingerprint density at radius 3 is 2.92 bits per heavy atom. The van der Waals surface area contributed by atoms with Crippen LogP contribution >= 0.6 is 12.2 Å². The van der Waals surface area contributed by atoms with E-state index < -0.39 is 6.04 Å². The molecule has 4 rings (SSSR count). The van der Waals surface area contributed by atoms with Crippen molar-refractivity contribution in [3.8, 4) is 11.5 Å². The Morgan fingerprint density at radius 2 is 2.12 bits per heavy atom. The normalized spacial score (nSPS) is 18.2. The van der Waals surface area contributed by atoms with Gasteiger partial charge in [-0.25, -0.2) is 4.98 Å². The van der Waals surface area contributed by atoms with Crippen molar-refractivity contribution < 1.29 is 14.3 Å². The fourth-order valence-corrected chi connectivity index (χ4v) is 3.23. The number of fused-ring (bicyclic) bond motifs is 1. The molecule has 0 fully saturated rings. The minimum absolute atomic E-state index is 0.193. The summed E-state index contributed by atoms with van der Waals surface area (Å²) >= 11 is 5.27. The van der Waals surface area contributed by atoms with Crippen LogP contribution in [0.2, 0.25) is 0 Å². The SMILES string of the molecule is CC1=C(C(=O)Nc2ccccn2)[C@H](c2ccc3c(c2)OCO3)NC(=S)N1. The zero-order chi connectivity index (χ0) is 18.1. The molecule has 132 valence electrons. The standard InChI is InChI=1S/C18H16N4O3S/c1-10-15(17(23)21-14-4-2-3-7-19-14)16(22-18(26)20-10)11-5-6-12-13(8-11)25-9-24-12/h2-8,16H,9H2,1H3,(H,19,21,23)(H2,20,22,26)/t16-/m0/s1. The second-order valence-corrected chi connectivity index (χ2v) is 6.26. The molecule has 2 aromatic rings. The van der Waals surface area contributed by atoms with E-state index in [0.29, 0.717) is 33.7 Å². The molecule has 1 aromatic heterocycles. The lowest BCUT2D eigenvalue weighted by atomic mass is 9.94. The molecule has 8 heteroatoms. The molecule has 0 aliphatic carbocycles. The number of aromatic nitrogens is 1. The van der Waals surface area contributed by atoms with Crippen LogP contribution in [0.4, 0.5) is 5.82 Å². The summed E-state index contributed by atoms with van der Waals surface area (Å²) in [6.07, 6.45) is 1.62. The van der Waals surface area contributed by atoms with E-state index in [1.165, 1.54) is 0 Å². The zero-order valence-corrected chi connectivity index (χ0v) is 14.7. The van der Waals surface area contributed by atoms with Crippen LogP contribution in [0.5, 0.6) is 11.5 Å². The average molecular weight is 368 g/mol. The Kier molecular flexibility index (Phi) is 4.18. The number of thiocarbonyl (C=S) groups is 1. The zero-order valence-electron chi connectivity index (χ0n) is 13.9. The maximum absolute atomic E-state index is 12.9. The van der Waals surface area contributed by atoms with Crippen molar-refractivity contribution in [3.05, 3.63) is 59.4 Å². The number of carbonyl (C=O) groups is 1. The third-order valence-electron chi connectivity index (χ3n) is 4.15. The number of carbonyl (C=O) groups excluding carboxylic acids is 1. The maximum Gasteiger partial charge on any atom is 0.256 e. The molecule has 1 atom stereocenters. The molecule has 1 amide bonds. The van der Waals surface area contributed by atoms with Gasteiger partial charge in [0.05, 0.1) is 11.6 Å². The predicted molar refractivity (Wildman–Crippen MR) is 99.7 cm³/mol. The van der Waals surface area contributed by atoms with E-state index in [-0.39, 0.29) is 12.7 Å². The van der Waals surface area contributed by atoms with Gasteiger partial charge in [-0.3, -0.25) is 4.79 Å². The number of hydrogen-bond acceptors (Lipinski definition) is 5. The largest absolute Gasteiger partial charge is 0.454 e. The van der Waals surface area contributed by atoms with Gasteiger partial charge in [-0.05, 0) is 49.0 Å². The number of hydrogen-bond donors (Lipinski definition) is 3. The van der Waals surface area contributed by atoms with Gasteiger partial charge in [-0.15, -0.1) is 0 Å². The highest BCUT2D eigenvalue weighted by Gasteiger charge is 2.31. The molecular weight excluding hydrogens is 352 g/mol. The first-order valence-corrected chi connectivity index (χ1v) is 8.43. The number of nitrogens with one attached hydrogen (secondary N) is 3. The van der Waals surface area contributed by atoms with Crippen LogP contribution in [0.1, 0.15) is 18.5 Å². The molecule has 1 aromatic carbocycles. The van der Waals surface area contributed by atoms with Crippen molar-refractivity contribution in [2.45, 2.75) is 13.0 Å². The summed E-state index contributed by atoms with van der Waals surface area (Å²) < 4.78 is 10.8. The highest BCUT2D eigenvalue weighted by atomic mass is 32.1. The number of ether oxygens (including phenoxy) is 2. The minimum Gasteiger partial charge on any atom is -0.454 e. The van der Waals surface area contributed by atoms with Gasteiger partial charge in [-0.1, -0.05) is 12.1 Å². The minimum atomic E-state index is -0.415. The summed E-state index contributed by atoms with van der Waals surface area (Å²) in [5, 5.41) is 9.45. The Labute approximate surface area is 155 Å². The number of anilines is 1. The van der Waals surface area contributed by atoms with E-state index in [0.717, 1.165) is 5.56 Å². The van der Waals surface area contributed by atoms with Crippen molar-refractivity contribution in [2.24, 2.45) is 0 Å². The molecule has 0 unspecified atom stereocenters. The number of pyridine rings is 1. The Bertz CT molecular complexity index is 914. The molecule has 3 heterocycles.